The highest BCUT2D eigenvalue weighted by Gasteiger charge is 2.20. The molecule has 0 saturated heterocycles. The van der Waals surface area contributed by atoms with E-state index in [1.807, 2.05) is 19.1 Å². The Morgan fingerprint density at radius 2 is 2.20 bits per heavy atom. The number of aryl methyl sites for hydroxylation is 1. The Bertz CT molecular complexity index is 361. The predicted molar refractivity (Wildman–Crippen MR) is 62.6 cm³/mol. The molecule has 3 heteroatoms. The molecule has 2 rings (SSSR count). The van der Waals surface area contributed by atoms with E-state index in [-0.39, 0.29) is 0 Å². The molecule has 1 saturated carbocycles. The number of methoxy groups -OCH3 is 1. The van der Waals surface area contributed by atoms with E-state index in [0.717, 1.165) is 28.4 Å². The monoisotopic (exact) mass is 225 g/mol. The van der Waals surface area contributed by atoms with Gasteiger partial charge in [-0.3, -0.25) is 0 Å². The summed E-state index contributed by atoms with van der Waals surface area (Å²) in [5, 5.41) is 4.26. The van der Waals surface area contributed by atoms with Gasteiger partial charge in [0.25, 0.3) is 0 Å². The lowest BCUT2D eigenvalue weighted by Crippen LogP contribution is -2.15. The van der Waals surface area contributed by atoms with Crippen molar-refractivity contribution in [3.8, 4) is 5.75 Å². The fourth-order valence-electron chi connectivity index (χ4n) is 1.57. The van der Waals surface area contributed by atoms with Gasteiger partial charge in [0, 0.05) is 23.2 Å². The zero-order valence-electron chi connectivity index (χ0n) is 9.14. The van der Waals surface area contributed by atoms with E-state index in [1.165, 1.54) is 12.8 Å². The van der Waals surface area contributed by atoms with Crippen molar-refractivity contribution in [2.24, 2.45) is 0 Å². The molecule has 0 heterocycles. The highest BCUT2D eigenvalue weighted by atomic mass is 35.5. The second kappa shape index (κ2) is 4.42. The predicted octanol–water partition coefficient (Wildman–Crippen LogP) is 2.91. The van der Waals surface area contributed by atoms with Crippen LogP contribution in [0, 0.1) is 6.92 Å². The van der Waals surface area contributed by atoms with Gasteiger partial charge in [0.2, 0.25) is 0 Å². The quantitative estimate of drug-likeness (QED) is 0.851. The molecule has 1 aromatic rings. The molecular weight excluding hydrogens is 210 g/mol. The molecule has 0 unspecified atom stereocenters. The first kappa shape index (κ1) is 10.8. The van der Waals surface area contributed by atoms with Crippen LogP contribution in [0.2, 0.25) is 5.02 Å². The molecule has 1 aromatic carbocycles. The molecule has 2 nitrogen and oxygen atoms in total. The molecule has 0 aromatic heterocycles. The summed E-state index contributed by atoms with van der Waals surface area (Å²) in [5.41, 5.74) is 2.20. The minimum Gasteiger partial charge on any atom is -0.496 e. The topological polar surface area (TPSA) is 21.3 Å². The summed E-state index contributed by atoms with van der Waals surface area (Å²) in [4.78, 5) is 0. The van der Waals surface area contributed by atoms with E-state index in [9.17, 15) is 0 Å². The summed E-state index contributed by atoms with van der Waals surface area (Å²) < 4.78 is 5.34. The van der Waals surface area contributed by atoms with Crippen molar-refractivity contribution < 1.29 is 4.74 Å². The third-order valence-electron chi connectivity index (χ3n) is 2.72. The maximum atomic E-state index is 6.09. The van der Waals surface area contributed by atoms with E-state index in [1.54, 1.807) is 7.11 Å². The van der Waals surface area contributed by atoms with Crippen molar-refractivity contribution in [1.29, 1.82) is 0 Å². The van der Waals surface area contributed by atoms with Crippen molar-refractivity contribution in [3.63, 3.8) is 0 Å². The summed E-state index contributed by atoms with van der Waals surface area (Å²) in [6.07, 6.45) is 2.59. The van der Waals surface area contributed by atoms with Crippen LogP contribution in [0.15, 0.2) is 12.1 Å². The lowest BCUT2D eigenvalue weighted by atomic mass is 10.1. The van der Waals surface area contributed by atoms with E-state index in [0.29, 0.717) is 6.04 Å². The lowest BCUT2D eigenvalue weighted by molar-refractivity contribution is 0.407. The maximum Gasteiger partial charge on any atom is 0.123 e. The molecule has 0 radical (unpaired) electrons. The molecule has 15 heavy (non-hydrogen) atoms. The minimum absolute atomic E-state index is 0.704. The van der Waals surface area contributed by atoms with Crippen LogP contribution in [0.4, 0.5) is 0 Å². The first-order valence-corrected chi connectivity index (χ1v) is 5.65. The SMILES string of the molecule is COc1cc(C)c(Cl)cc1CNC1CC1. The van der Waals surface area contributed by atoms with Gasteiger partial charge in [0.1, 0.15) is 5.75 Å². The van der Waals surface area contributed by atoms with Crippen LogP contribution in [0.3, 0.4) is 0 Å². The molecule has 82 valence electrons. The number of rotatable bonds is 4. The maximum absolute atomic E-state index is 6.09. The van der Waals surface area contributed by atoms with Gasteiger partial charge < -0.3 is 10.1 Å². The third kappa shape index (κ3) is 2.64. The number of halogens is 1. The average Bonchev–Trinajstić information content (AvgIpc) is 3.03. The number of nitrogens with one attached hydrogen (secondary N) is 1. The highest BCUT2D eigenvalue weighted by molar-refractivity contribution is 6.31. The first-order valence-electron chi connectivity index (χ1n) is 5.27. The Balaban J connectivity index is 2.15. The standard InChI is InChI=1S/C12H16ClNO/c1-8-5-12(15-2)9(6-11(8)13)7-14-10-3-4-10/h5-6,10,14H,3-4,7H2,1-2H3. The van der Waals surface area contributed by atoms with Gasteiger partial charge in [-0.05, 0) is 37.5 Å². The molecule has 0 bridgehead atoms. The number of ether oxygens (including phenoxy) is 1. The van der Waals surface area contributed by atoms with Crippen LogP contribution in [-0.4, -0.2) is 13.2 Å². The number of hydrogen-bond donors (Lipinski definition) is 1. The second-order valence-corrected chi connectivity index (χ2v) is 4.48. The van der Waals surface area contributed by atoms with E-state index < -0.39 is 0 Å². The van der Waals surface area contributed by atoms with Crippen molar-refractivity contribution in [3.05, 3.63) is 28.3 Å². The Morgan fingerprint density at radius 3 is 2.80 bits per heavy atom. The summed E-state index contributed by atoms with van der Waals surface area (Å²) in [7, 11) is 1.70. The van der Waals surface area contributed by atoms with Gasteiger partial charge in [0.15, 0.2) is 0 Å². The fraction of sp³-hybridized carbons (Fsp3) is 0.500. The lowest BCUT2D eigenvalue weighted by Gasteiger charge is -2.11. The van der Waals surface area contributed by atoms with Crippen LogP contribution in [-0.2, 0) is 6.54 Å². The summed E-state index contributed by atoms with van der Waals surface area (Å²) in [6, 6.07) is 4.69. The van der Waals surface area contributed by atoms with Crippen molar-refractivity contribution >= 4 is 11.6 Å². The molecule has 1 aliphatic rings. The zero-order valence-corrected chi connectivity index (χ0v) is 9.90. The van der Waals surface area contributed by atoms with Gasteiger partial charge in [-0.2, -0.15) is 0 Å². The van der Waals surface area contributed by atoms with Crippen molar-refractivity contribution in [2.45, 2.75) is 32.4 Å². The van der Waals surface area contributed by atoms with Gasteiger partial charge in [0.05, 0.1) is 7.11 Å². The molecule has 0 spiro atoms. The van der Waals surface area contributed by atoms with Crippen LogP contribution in [0.25, 0.3) is 0 Å². The van der Waals surface area contributed by atoms with Crippen LogP contribution in [0.1, 0.15) is 24.0 Å². The van der Waals surface area contributed by atoms with Crippen LogP contribution in [0.5, 0.6) is 5.75 Å². The third-order valence-corrected chi connectivity index (χ3v) is 3.13. The summed E-state index contributed by atoms with van der Waals surface area (Å²) in [6.45, 7) is 2.83. The molecule has 1 fully saturated rings. The summed E-state index contributed by atoms with van der Waals surface area (Å²) in [5.74, 6) is 0.921. The smallest absolute Gasteiger partial charge is 0.123 e. The Labute approximate surface area is 95.6 Å². The molecule has 1 N–H and O–H groups in total. The normalized spacial score (nSPS) is 15.4. The zero-order chi connectivity index (χ0) is 10.8. The van der Waals surface area contributed by atoms with Crippen LogP contribution >= 0.6 is 11.6 Å². The average molecular weight is 226 g/mol. The number of hydrogen-bond acceptors (Lipinski definition) is 2. The second-order valence-electron chi connectivity index (χ2n) is 4.07. The largest absolute Gasteiger partial charge is 0.496 e. The van der Waals surface area contributed by atoms with Crippen LogP contribution < -0.4 is 10.1 Å². The number of benzene rings is 1. The Hall–Kier alpha value is -0.730. The molecular formula is C12H16ClNO. The first-order chi connectivity index (χ1) is 7.20. The summed E-state index contributed by atoms with van der Waals surface area (Å²) >= 11 is 6.09. The van der Waals surface area contributed by atoms with Crippen molar-refractivity contribution in [1.82, 2.24) is 5.32 Å². The van der Waals surface area contributed by atoms with Gasteiger partial charge in [-0.25, -0.2) is 0 Å². The molecule has 0 aliphatic heterocycles. The van der Waals surface area contributed by atoms with E-state index in [4.69, 9.17) is 16.3 Å². The van der Waals surface area contributed by atoms with Gasteiger partial charge in [-0.1, -0.05) is 11.6 Å². The molecule has 0 amide bonds. The highest BCUT2D eigenvalue weighted by Crippen LogP contribution is 2.27. The fourth-order valence-corrected chi connectivity index (χ4v) is 1.75. The molecule has 0 atom stereocenters. The minimum atomic E-state index is 0.704. The van der Waals surface area contributed by atoms with Gasteiger partial charge in [-0.15, -0.1) is 0 Å². The Morgan fingerprint density at radius 1 is 1.47 bits per heavy atom. The van der Waals surface area contributed by atoms with Crippen molar-refractivity contribution in [2.75, 3.05) is 7.11 Å². The van der Waals surface area contributed by atoms with E-state index >= 15 is 0 Å². The molecule has 1 aliphatic carbocycles. The van der Waals surface area contributed by atoms with Gasteiger partial charge >= 0.3 is 0 Å². The van der Waals surface area contributed by atoms with E-state index in [2.05, 4.69) is 5.32 Å². The Kier molecular flexibility index (Phi) is 3.17.